The van der Waals surface area contributed by atoms with Crippen LogP contribution in [0.1, 0.15) is 26.3 Å². The summed E-state index contributed by atoms with van der Waals surface area (Å²) in [6.07, 6.45) is 4.00. The summed E-state index contributed by atoms with van der Waals surface area (Å²) < 4.78 is 6.99. The van der Waals surface area contributed by atoms with Crippen LogP contribution in [0.15, 0.2) is 42.7 Å². The van der Waals surface area contributed by atoms with Gasteiger partial charge in [0.15, 0.2) is 0 Å². The van der Waals surface area contributed by atoms with Crippen molar-refractivity contribution in [1.29, 1.82) is 0 Å². The predicted molar refractivity (Wildman–Crippen MR) is 73.6 cm³/mol. The van der Waals surface area contributed by atoms with Gasteiger partial charge in [0.1, 0.15) is 5.82 Å². The Morgan fingerprint density at radius 2 is 2.11 bits per heavy atom. The number of esters is 1. The second kappa shape index (κ2) is 6.18. The topological polar surface area (TPSA) is 44.1 Å². The summed E-state index contributed by atoms with van der Waals surface area (Å²) in [5.41, 5.74) is 1.04. The maximum Gasteiger partial charge on any atom is 0.307 e. The van der Waals surface area contributed by atoms with Crippen LogP contribution in [-0.2, 0) is 9.53 Å². The molecule has 0 N–H and O–H groups in total. The normalized spacial score (nSPS) is 12.1. The third-order valence-corrected chi connectivity index (χ3v) is 2.94. The molecule has 0 radical (unpaired) electrons. The minimum atomic E-state index is -0.178. The zero-order valence-electron chi connectivity index (χ0n) is 11.2. The van der Waals surface area contributed by atoms with E-state index in [1.165, 1.54) is 0 Å². The predicted octanol–water partition coefficient (Wildman–Crippen LogP) is 3.06. The van der Waals surface area contributed by atoms with Crippen LogP contribution in [0.2, 0.25) is 0 Å². The van der Waals surface area contributed by atoms with Crippen molar-refractivity contribution in [2.24, 2.45) is 0 Å². The molecule has 100 valence electrons. The lowest BCUT2D eigenvalue weighted by Gasteiger charge is -2.15. The van der Waals surface area contributed by atoms with Crippen molar-refractivity contribution in [1.82, 2.24) is 9.55 Å². The van der Waals surface area contributed by atoms with Gasteiger partial charge in [0.2, 0.25) is 0 Å². The van der Waals surface area contributed by atoms with E-state index in [1.54, 1.807) is 6.20 Å². The van der Waals surface area contributed by atoms with Crippen molar-refractivity contribution in [3.63, 3.8) is 0 Å². The number of hydrogen-bond donors (Lipinski definition) is 0. The Labute approximate surface area is 113 Å². The molecule has 2 rings (SSSR count). The summed E-state index contributed by atoms with van der Waals surface area (Å²) in [5.74, 6) is 0.695. The summed E-state index contributed by atoms with van der Waals surface area (Å²) in [6, 6.07) is 9.97. The second-order valence-electron chi connectivity index (χ2n) is 4.38. The van der Waals surface area contributed by atoms with E-state index in [2.05, 4.69) is 4.98 Å². The van der Waals surface area contributed by atoms with Gasteiger partial charge in [0.05, 0.1) is 13.0 Å². The largest absolute Gasteiger partial charge is 0.466 e. The molecule has 0 saturated carbocycles. The zero-order valence-corrected chi connectivity index (χ0v) is 11.2. The monoisotopic (exact) mass is 258 g/mol. The number of imidazole rings is 1. The average molecular weight is 258 g/mol. The highest BCUT2D eigenvalue weighted by Crippen LogP contribution is 2.22. The Kier molecular flexibility index (Phi) is 4.34. The van der Waals surface area contributed by atoms with Crippen LogP contribution in [0.3, 0.4) is 0 Å². The molecule has 0 saturated heterocycles. The number of carbonyl (C=O) groups is 1. The fraction of sp³-hybridized carbons (Fsp3) is 0.333. The summed E-state index contributed by atoms with van der Waals surface area (Å²) in [6.45, 7) is 4.22. The molecule has 19 heavy (non-hydrogen) atoms. The first kappa shape index (κ1) is 13.3. The van der Waals surface area contributed by atoms with Crippen molar-refractivity contribution < 1.29 is 9.53 Å². The van der Waals surface area contributed by atoms with Gasteiger partial charge in [-0.05, 0) is 13.8 Å². The Morgan fingerprint density at radius 1 is 1.37 bits per heavy atom. The van der Waals surface area contributed by atoms with E-state index in [1.807, 2.05) is 54.9 Å². The van der Waals surface area contributed by atoms with Gasteiger partial charge < -0.3 is 9.30 Å². The fourth-order valence-electron chi connectivity index (χ4n) is 2.04. The summed E-state index contributed by atoms with van der Waals surface area (Å²) in [4.78, 5) is 15.9. The van der Waals surface area contributed by atoms with Crippen molar-refractivity contribution in [3.8, 4) is 11.4 Å². The quantitative estimate of drug-likeness (QED) is 0.774. The van der Waals surface area contributed by atoms with Crippen molar-refractivity contribution >= 4 is 5.97 Å². The minimum Gasteiger partial charge on any atom is -0.466 e. The maximum absolute atomic E-state index is 11.5. The van der Waals surface area contributed by atoms with E-state index < -0.39 is 0 Å². The third-order valence-electron chi connectivity index (χ3n) is 2.94. The Morgan fingerprint density at radius 3 is 2.79 bits per heavy atom. The van der Waals surface area contributed by atoms with Gasteiger partial charge >= 0.3 is 5.97 Å². The highest BCUT2D eigenvalue weighted by atomic mass is 16.5. The van der Waals surface area contributed by atoms with E-state index in [0.29, 0.717) is 13.0 Å². The number of carbonyl (C=O) groups excluding carboxylic acids is 1. The molecule has 0 bridgehead atoms. The number of rotatable bonds is 5. The molecular weight excluding hydrogens is 240 g/mol. The minimum absolute atomic E-state index is 0.0248. The number of ether oxygens (including phenoxy) is 1. The summed E-state index contributed by atoms with van der Waals surface area (Å²) in [7, 11) is 0. The lowest BCUT2D eigenvalue weighted by molar-refractivity contribution is -0.143. The highest BCUT2D eigenvalue weighted by Gasteiger charge is 2.15. The molecular formula is C15H18N2O2. The molecule has 0 fully saturated rings. The van der Waals surface area contributed by atoms with Crippen molar-refractivity contribution in [2.75, 3.05) is 6.61 Å². The van der Waals surface area contributed by atoms with E-state index >= 15 is 0 Å². The Bertz CT molecular complexity index is 534. The fourth-order valence-corrected chi connectivity index (χ4v) is 2.04. The molecule has 1 aromatic carbocycles. The number of hydrogen-bond acceptors (Lipinski definition) is 3. The molecule has 4 heteroatoms. The van der Waals surface area contributed by atoms with Gasteiger partial charge in [-0.2, -0.15) is 0 Å². The van der Waals surface area contributed by atoms with Crippen molar-refractivity contribution in [3.05, 3.63) is 42.7 Å². The smallest absolute Gasteiger partial charge is 0.307 e. The number of nitrogens with zero attached hydrogens (tertiary/aromatic N) is 2. The van der Waals surface area contributed by atoms with Crippen LogP contribution in [-0.4, -0.2) is 22.1 Å². The lowest BCUT2D eigenvalue weighted by Crippen LogP contribution is -2.13. The van der Waals surface area contributed by atoms with Gasteiger partial charge in [-0.1, -0.05) is 30.3 Å². The molecule has 1 unspecified atom stereocenters. The number of benzene rings is 1. The molecule has 0 aliphatic rings. The van der Waals surface area contributed by atoms with E-state index in [-0.39, 0.29) is 12.0 Å². The van der Waals surface area contributed by atoms with Crippen LogP contribution < -0.4 is 0 Å². The molecule has 1 heterocycles. The third kappa shape index (κ3) is 3.22. The first-order chi connectivity index (χ1) is 9.22. The van der Waals surface area contributed by atoms with Crippen LogP contribution in [0.5, 0.6) is 0 Å². The zero-order chi connectivity index (χ0) is 13.7. The molecule has 1 aromatic heterocycles. The Balaban J connectivity index is 2.18. The van der Waals surface area contributed by atoms with Gasteiger partial charge in [-0.3, -0.25) is 4.79 Å². The van der Waals surface area contributed by atoms with Gasteiger partial charge in [-0.15, -0.1) is 0 Å². The Hall–Kier alpha value is -2.10. The molecule has 0 aliphatic carbocycles. The molecule has 0 aliphatic heterocycles. The second-order valence-corrected chi connectivity index (χ2v) is 4.38. The van der Waals surface area contributed by atoms with Gasteiger partial charge in [-0.25, -0.2) is 4.98 Å². The molecule has 4 nitrogen and oxygen atoms in total. The van der Waals surface area contributed by atoms with E-state index in [9.17, 15) is 4.79 Å². The maximum atomic E-state index is 11.5. The van der Waals surface area contributed by atoms with Crippen LogP contribution in [0, 0.1) is 0 Å². The van der Waals surface area contributed by atoms with Crippen molar-refractivity contribution in [2.45, 2.75) is 26.3 Å². The lowest BCUT2D eigenvalue weighted by atomic mass is 10.2. The average Bonchev–Trinajstić information content (AvgIpc) is 2.89. The molecule has 1 atom stereocenters. The van der Waals surface area contributed by atoms with Crippen LogP contribution in [0.25, 0.3) is 11.4 Å². The van der Waals surface area contributed by atoms with E-state index in [0.717, 1.165) is 11.4 Å². The molecule has 2 aromatic rings. The standard InChI is InChI=1S/C15H18N2O2/c1-3-19-14(18)11-12(2)17-10-9-16-15(17)13-7-5-4-6-8-13/h4-10,12H,3,11H2,1-2H3. The highest BCUT2D eigenvalue weighted by molar-refractivity contribution is 5.70. The van der Waals surface area contributed by atoms with E-state index in [4.69, 9.17) is 4.74 Å². The van der Waals surface area contributed by atoms with Gasteiger partial charge in [0.25, 0.3) is 0 Å². The van der Waals surface area contributed by atoms with Crippen LogP contribution in [0.4, 0.5) is 0 Å². The molecule has 0 spiro atoms. The van der Waals surface area contributed by atoms with Gasteiger partial charge in [0, 0.05) is 24.0 Å². The number of aromatic nitrogens is 2. The van der Waals surface area contributed by atoms with Crippen LogP contribution >= 0.6 is 0 Å². The molecule has 0 amide bonds. The SMILES string of the molecule is CCOC(=O)CC(C)n1ccnc1-c1ccccc1. The first-order valence-electron chi connectivity index (χ1n) is 6.46. The summed E-state index contributed by atoms with van der Waals surface area (Å²) in [5, 5.41) is 0. The first-order valence-corrected chi connectivity index (χ1v) is 6.46. The summed E-state index contributed by atoms with van der Waals surface area (Å²) >= 11 is 0.